The van der Waals surface area contributed by atoms with Crippen molar-refractivity contribution in [3.8, 4) is 16.8 Å². The third kappa shape index (κ3) is 4.13. The Balaban J connectivity index is 1.16. The predicted octanol–water partition coefficient (Wildman–Crippen LogP) is 11.8. The summed E-state index contributed by atoms with van der Waals surface area (Å²) in [6, 6.07) is 60.1. The summed E-state index contributed by atoms with van der Waals surface area (Å²) < 4.78 is 8.86. The molecule has 0 saturated heterocycles. The molecule has 212 valence electrons. The van der Waals surface area contributed by atoms with E-state index in [1.165, 1.54) is 16.5 Å². The maximum atomic E-state index is 6.49. The van der Waals surface area contributed by atoms with Crippen molar-refractivity contribution in [3.63, 3.8) is 0 Å². The molecule has 0 atom stereocenters. The first kappa shape index (κ1) is 25.4. The van der Waals surface area contributed by atoms with E-state index in [9.17, 15) is 0 Å². The van der Waals surface area contributed by atoms with Gasteiger partial charge in [0.2, 0.25) is 0 Å². The predicted molar refractivity (Wildman–Crippen MR) is 188 cm³/mol. The van der Waals surface area contributed by atoms with Gasteiger partial charge in [-0.2, -0.15) is 0 Å². The van der Waals surface area contributed by atoms with Gasteiger partial charge in [0.15, 0.2) is 0 Å². The van der Waals surface area contributed by atoms with E-state index in [0.29, 0.717) is 0 Å². The standard InChI is InChI=1S/C42H28N2O/c1-3-13-31(14-4-1)43(32-15-5-2-6-16-32)33-24-22-29(23-25-33)30-12-11-17-34(28-30)44-38-20-9-7-19-37(38)41-39(44)27-26-36-35-18-8-10-21-40(35)45-42(36)41/h1-28H. The van der Waals surface area contributed by atoms with Gasteiger partial charge in [0.1, 0.15) is 11.2 Å². The zero-order chi connectivity index (χ0) is 29.7. The van der Waals surface area contributed by atoms with Gasteiger partial charge in [-0.1, -0.05) is 97.1 Å². The van der Waals surface area contributed by atoms with Crippen molar-refractivity contribution in [2.75, 3.05) is 4.90 Å². The molecule has 0 saturated carbocycles. The van der Waals surface area contributed by atoms with Crippen LogP contribution in [0, 0.1) is 0 Å². The summed E-state index contributed by atoms with van der Waals surface area (Å²) in [5.74, 6) is 0. The molecule has 7 aromatic carbocycles. The Morgan fingerprint density at radius 1 is 0.422 bits per heavy atom. The van der Waals surface area contributed by atoms with Crippen molar-refractivity contribution in [2.45, 2.75) is 0 Å². The minimum atomic E-state index is 0.917. The molecule has 0 bridgehead atoms. The van der Waals surface area contributed by atoms with Crippen LogP contribution in [0.15, 0.2) is 174 Å². The van der Waals surface area contributed by atoms with Crippen LogP contribution >= 0.6 is 0 Å². The Kier molecular flexibility index (Phi) is 5.82. The summed E-state index contributed by atoms with van der Waals surface area (Å²) in [7, 11) is 0. The third-order valence-corrected chi connectivity index (χ3v) is 8.77. The van der Waals surface area contributed by atoms with Gasteiger partial charge in [-0.3, -0.25) is 0 Å². The number of fused-ring (bicyclic) bond motifs is 7. The molecule has 0 amide bonds. The smallest absolute Gasteiger partial charge is 0.145 e. The maximum absolute atomic E-state index is 6.49. The fourth-order valence-corrected chi connectivity index (χ4v) is 6.74. The summed E-state index contributed by atoms with van der Waals surface area (Å²) in [5, 5.41) is 4.63. The number of anilines is 3. The van der Waals surface area contributed by atoms with Gasteiger partial charge in [0.05, 0.1) is 16.4 Å². The number of rotatable bonds is 5. The largest absolute Gasteiger partial charge is 0.455 e. The van der Waals surface area contributed by atoms with Gasteiger partial charge in [-0.25, -0.2) is 0 Å². The lowest BCUT2D eigenvalue weighted by Gasteiger charge is -2.25. The molecular weight excluding hydrogens is 548 g/mol. The summed E-state index contributed by atoms with van der Waals surface area (Å²) in [4.78, 5) is 2.29. The second-order valence-corrected chi connectivity index (χ2v) is 11.4. The number of furan rings is 1. The highest BCUT2D eigenvalue weighted by Crippen LogP contribution is 2.41. The van der Waals surface area contributed by atoms with Crippen molar-refractivity contribution < 1.29 is 4.42 Å². The van der Waals surface area contributed by atoms with Crippen LogP contribution in [0.4, 0.5) is 17.1 Å². The number of hydrogen-bond acceptors (Lipinski definition) is 2. The lowest BCUT2D eigenvalue weighted by atomic mass is 10.0. The SMILES string of the molecule is c1ccc(N(c2ccccc2)c2ccc(-c3cccc(-n4c5ccccc5c5c6oc7ccccc7c6ccc54)c3)cc2)cc1. The highest BCUT2D eigenvalue weighted by molar-refractivity contribution is 6.23. The van der Waals surface area contributed by atoms with Gasteiger partial charge in [-0.05, 0) is 83.9 Å². The highest BCUT2D eigenvalue weighted by atomic mass is 16.3. The minimum absolute atomic E-state index is 0.917. The number of nitrogens with zero attached hydrogens (tertiary/aromatic N) is 2. The first-order valence-electron chi connectivity index (χ1n) is 15.3. The number of aromatic nitrogens is 1. The van der Waals surface area contributed by atoms with Crippen molar-refractivity contribution in [3.05, 3.63) is 170 Å². The molecule has 0 aliphatic carbocycles. The van der Waals surface area contributed by atoms with Gasteiger partial charge in [0, 0.05) is 38.9 Å². The van der Waals surface area contributed by atoms with Crippen LogP contribution in [0.1, 0.15) is 0 Å². The summed E-state index contributed by atoms with van der Waals surface area (Å²) in [5.41, 5.74) is 11.0. The van der Waals surface area contributed by atoms with Crippen LogP contribution in [0.5, 0.6) is 0 Å². The second-order valence-electron chi connectivity index (χ2n) is 11.4. The third-order valence-electron chi connectivity index (χ3n) is 8.77. The van der Waals surface area contributed by atoms with Crippen LogP contribution in [0.3, 0.4) is 0 Å². The minimum Gasteiger partial charge on any atom is -0.455 e. The fraction of sp³-hybridized carbons (Fsp3) is 0. The van der Waals surface area contributed by atoms with E-state index in [1.807, 2.05) is 12.1 Å². The van der Waals surface area contributed by atoms with Crippen molar-refractivity contribution in [2.24, 2.45) is 0 Å². The normalized spacial score (nSPS) is 11.6. The van der Waals surface area contributed by atoms with E-state index in [-0.39, 0.29) is 0 Å². The molecule has 0 radical (unpaired) electrons. The molecule has 3 nitrogen and oxygen atoms in total. The first-order valence-corrected chi connectivity index (χ1v) is 15.3. The highest BCUT2D eigenvalue weighted by Gasteiger charge is 2.19. The average molecular weight is 577 g/mol. The zero-order valence-corrected chi connectivity index (χ0v) is 24.5. The Labute approximate surface area is 260 Å². The van der Waals surface area contributed by atoms with Gasteiger partial charge >= 0.3 is 0 Å². The molecule has 9 rings (SSSR count). The molecule has 45 heavy (non-hydrogen) atoms. The van der Waals surface area contributed by atoms with E-state index in [2.05, 4.69) is 167 Å². The number of hydrogen-bond donors (Lipinski definition) is 0. The van der Waals surface area contributed by atoms with Gasteiger partial charge in [-0.15, -0.1) is 0 Å². The summed E-state index contributed by atoms with van der Waals surface area (Å²) in [6.45, 7) is 0. The Bertz CT molecular complexity index is 2430. The fourth-order valence-electron chi connectivity index (χ4n) is 6.74. The average Bonchev–Trinajstić information content (AvgIpc) is 3.66. The molecule has 2 aromatic heterocycles. The Morgan fingerprint density at radius 3 is 1.82 bits per heavy atom. The Hall–Kier alpha value is -6.06. The lowest BCUT2D eigenvalue weighted by molar-refractivity contribution is 0.673. The molecule has 0 fully saturated rings. The molecule has 9 aromatic rings. The zero-order valence-electron chi connectivity index (χ0n) is 24.5. The lowest BCUT2D eigenvalue weighted by Crippen LogP contribution is -2.09. The maximum Gasteiger partial charge on any atom is 0.145 e. The molecule has 0 aliphatic rings. The van der Waals surface area contributed by atoms with Crippen LogP contribution in [-0.4, -0.2) is 4.57 Å². The molecule has 0 N–H and O–H groups in total. The number of benzene rings is 7. The molecule has 0 unspecified atom stereocenters. The second kappa shape index (κ2) is 10.3. The molecule has 0 spiro atoms. The molecule has 0 aliphatic heterocycles. The Morgan fingerprint density at radius 2 is 1.07 bits per heavy atom. The van der Waals surface area contributed by atoms with Gasteiger partial charge in [0.25, 0.3) is 0 Å². The van der Waals surface area contributed by atoms with Crippen LogP contribution < -0.4 is 4.90 Å². The van der Waals surface area contributed by atoms with Crippen molar-refractivity contribution in [1.29, 1.82) is 0 Å². The summed E-state index contributed by atoms with van der Waals surface area (Å²) in [6.07, 6.45) is 0. The number of para-hydroxylation sites is 4. The quantitative estimate of drug-likeness (QED) is 0.203. The van der Waals surface area contributed by atoms with Crippen molar-refractivity contribution >= 4 is 60.8 Å². The monoisotopic (exact) mass is 576 g/mol. The van der Waals surface area contributed by atoms with Crippen LogP contribution in [0.2, 0.25) is 0 Å². The molecule has 3 heteroatoms. The van der Waals surface area contributed by atoms with Crippen LogP contribution in [-0.2, 0) is 0 Å². The van der Waals surface area contributed by atoms with Crippen LogP contribution in [0.25, 0.3) is 60.6 Å². The topological polar surface area (TPSA) is 21.3 Å². The van der Waals surface area contributed by atoms with E-state index < -0.39 is 0 Å². The van der Waals surface area contributed by atoms with E-state index in [1.54, 1.807) is 0 Å². The van der Waals surface area contributed by atoms with Gasteiger partial charge < -0.3 is 13.9 Å². The van der Waals surface area contributed by atoms with E-state index >= 15 is 0 Å². The molecule has 2 heterocycles. The van der Waals surface area contributed by atoms with E-state index in [0.717, 1.165) is 61.1 Å². The summed E-state index contributed by atoms with van der Waals surface area (Å²) >= 11 is 0. The first-order chi connectivity index (χ1) is 22.3. The van der Waals surface area contributed by atoms with Crippen molar-refractivity contribution in [1.82, 2.24) is 4.57 Å². The van der Waals surface area contributed by atoms with E-state index in [4.69, 9.17) is 4.42 Å². The molecular formula is C42H28N2O.